The van der Waals surface area contributed by atoms with Gasteiger partial charge in [-0.25, -0.2) is 0 Å². The molecule has 0 amide bonds. The zero-order valence-corrected chi connectivity index (χ0v) is 14.1. The Hall–Kier alpha value is -2.30. The van der Waals surface area contributed by atoms with Crippen LogP contribution in [0.3, 0.4) is 0 Å². The van der Waals surface area contributed by atoms with E-state index < -0.39 is 11.3 Å². The number of rotatable bonds is 3. The molecule has 0 N–H and O–H groups in total. The molecule has 2 aromatic rings. The number of carbonyl (C=O) groups excluding carboxylic acids is 2. The quantitative estimate of drug-likeness (QED) is 0.349. The molecule has 2 aromatic carbocycles. The van der Waals surface area contributed by atoms with Gasteiger partial charge in [0.05, 0.1) is 5.56 Å². The lowest BCUT2D eigenvalue weighted by Gasteiger charge is -2.06. The van der Waals surface area contributed by atoms with Gasteiger partial charge in [-0.15, -0.1) is 11.6 Å². The second-order valence-corrected chi connectivity index (χ2v) is 6.28. The molecule has 0 saturated heterocycles. The van der Waals surface area contributed by atoms with Crippen LogP contribution in [0.5, 0.6) is 11.5 Å². The molecule has 4 nitrogen and oxygen atoms in total. The number of halogens is 2. The van der Waals surface area contributed by atoms with Crippen LogP contribution in [0.15, 0.2) is 48.2 Å². The highest BCUT2D eigenvalue weighted by Crippen LogP contribution is 2.35. The van der Waals surface area contributed by atoms with Crippen LogP contribution in [0.25, 0.3) is 6.08 Å². The summed E-state index contributed by atoms with van der Waals surface area (Å²) in [5.41, 5.74) is 1.20. The fourth-order valence-corrected chi connectivity index (χ4v) is 2.31. The van der Waals surface area contributed by atoms with Crippen molar-refractivity contribution < 1.29 is 19.1 Å². The molecule has 0 spiro atoms. The number of ketones is 1. The molecule has 0 aromatic heterocycles. The van der Waals surface area contributed by atoms with E-state index in [0.717, 1.165) is 5.56 Å². The Balaban J connectivity index is 1.84. The van der Waals surface area contributed by atoms with Gasteiger partial charge in [0, 0.05) is 11.1 Å². The van der Waals surface area contributed by atoms with E-state index in [2.05, 4.69) is 0 Å². The minimum absolute atomic E-state index is 0.196. The zero-order valence-electron chi connectivity index (χ0n) is 12.6. The van der Waals surface area contributed by atoms with Gasteiger partial charge >= 0.3 is 5.97 Å². The Bertz CT molecular complexity index is 839. The Kier molecular flexibility index (Phi) is 4.60. The summed E-state index contributed by atoms with van der Waals surface area (Å²) in [5.74, 6) is 0.00227. The first kappa shape index (κ1) is 16.6. The van der Waals surface area contributed by atoms with Crippen LogP contribution in [-0.4, -0.2) is 17.1 Å². The maximum absolute atomic E-state index is 12.4. The molecule has 1 aliphatic rings. The lowest BCUT2D eigenvalue weighted by molar-refractivity contribution is -0.133. The first-order valence-electron chi connectivity index (χ1n) is 7.13. The van der Waals surface area contributed by atoms with Crippen LogP contribution >= 0.6 is 23.2 Å². The molecule has 0 bridgehead atoms. The summed E-state index contributed by atoms with van der Waals surface area (Å²) in [6.07, 6.45) is 1.63. The number of hydrogen-bond acceptors (Lipinski definition) is 4. The first-order chi connectivity index (χ1) is 11.4. The van der Waals surface area contributed by atoms with E-state index in [4.69, 9.17) is 32.7 Å². The average molecular weight is 363 g/mol. The third kappa shape index (κ3) is 3.45. The maximum atomic E-state index is 12.4. The van der Waals surface area contributed by atoms with E-state index >= 15 is 0 Å². The summed E-state index contributed by atoms with van der Waals surface area (Å²) in [6.45, 7) is 1.52. The number of benzene rings is 2. The number of esters is 1. The minimum Gasteiger partial charge on any atom is -0.452 e. The van der Waals surface area contributed by atoms with Crippen molar-refractivity contribution in [3.63, 3.8) is 0 Å². The van der Waals surface area contributed by atoms with Crippen LogP contribution in [0, 0.1) is 0 Å². The Morgan fingerprint density at radius 1 is 1.21 bits per heavy atom. The summed E-state index contributed by atoms with van der Waals surface area (Å²) in [6, 6.07) is 11.6. The molecule has 1 unspecified atom stereocenters. The number of fused-ring (bicyclic) bond motifs is 1. The number of hydrogen-bond donors (Lipinski definition) is 0. The standard InChI is InChI=1S/C18H12Cl2O4/c1-10(19)18(22)23-13-6-7-14-15(9-13)24-16(17(14)21)8-11-2-4-12(20)5-3-11/h2-10H,1H3/b16-8-. The number of carbonyl (C=O) groups is 2. The van der Waals surface area contributed by atoms with Crippen LogP contribution in [-0.2, 0) is 4.79 Å². The molecule has 1 aliphatic heterocycles. The summed E-state index contributed by atoms with van der Waals surface area (Å²) in [5, 5.41) is -0.153. The summed E-state index contributed by atoms with van der Waals surface area (Å²) in [4.78, 5) is 23.9. The van der Waals surface area contributed by atoms with Gasteiger partial charge in [-0.3, -0.25) is 9.59 Å². The number of Topliss-reactive ketones (excluding diaryl/α,β-unsaturated/α-hetero) is 1. The van der Waals surface area contributed by atoms with E-state index in [-0.39, 0.29) is 17.3 Å². The molecular formula is C18H12Cl2O4. The molecule has 0 radical (unpaired) electrons. The van der Waals surface area contributed by atoms with Crippen molar-refractivity contribution in [1.82, 2.24) is 0 Å². The van der Waals surface area contributed by atoms with Crippen LogP contribution in [0.4, 0.5) is 0 Å². The second kappa shape index (κ2) is 6.67. The topological polar surface area (TPSA) is 52.6 Å². The van der Waals surface area contributed by atoms with E-state index in [1.165, 1.54) is 19.1 Å². The Morgan fingerprint density at radius 3 is 2.58 bits per heavy atom. The minimum atomic E-state index is -0.763. The monoisotopic (exact) mass is 362 g/mol. The lowest BCUT2D eigenvalue weighted by Crippen LogP contribution is -2.17. The van der Waals surface area contributed by atoms with E-state index in [0.29, 0.717) is 16.3 Å². The predicted molar refractivity (Wildman–Crippen MR) is 91.8 cm³/mol. The molecule has 24 heavy (non-hydrogen) atoms. The normalized spacial score (nSPS) is 15.8. The van der Waals surface area contributed by atoms with Crippen molar-refractivity contribution in [3.8, 4) is 11.5 Å². The molecule has 1 heterocycles. The second-order valence-electron chi connectivity index (χ2n) is 5.19. The molecule has 0 aliphatic carbocycles. The fraction of sp³-hybridized carbons (Fsp3) is 0.111. The molecule has 1 atom stereocenters. The van der Waals surface area contributed by atoms with Gasteiger partial charge in [-0.05, 0) is 42.8 Å². The van der Waals surface area contributed by atoms with Gasteiger partial charge in [0.2, 0.25) is 5.78 Å². The highest BCUT2D eigenvalue weighted by molar-refractivity contribution is 6.30. The first-order valence-corrected chi connectivity index (χ1v) is 7.95. The molecular weight excluding hydrogens is 351 g/mol. The number of ether oxygens (including phenoxy) is 2. The van der Waals surface area contributed by atoms with Crippen LogP contribution in [0.2, 0.25) is 5.02 Å². The molecule has 6 heteroatoms. The molecule has 3 rings (SSSR count). The zero-order chi connectivity index (χ0) is 17.3. The Labute approximate surface area is 148 Å². The highest BCUT2D eigenvalue weighted by Gasteiger charge is 2.28. The summed E-state index contributed by atoms with van der Waals surface area (Å²) >= 11 is 11.5. The van der Waals surface area contributed by atoms with Gasteiger partial charge in [-0.1, -0.05) is 23.7 Å². The van der Waals surface area contributed by atoms with E-state index in [9.17, 15) is 9.59 Å². The smallest absolute Gasteiger partial charge is 0.329 e. The molecule has 0 saturated carbocycles. The predicted octanol–water partition coefficient (Wildman–Crippen LogP) is 4.49. The Morgan fingerprint density at radius 2 is 1.92 bits per heavy atom. The van der Waals surface area contributed by atoms with Gasteiger partial charge in [-0.2, -0.15) is 0 Å². The summed E-state index contributed by atoms with van der Waals surface area (Å²) < 4.78 is 10.7. The highest BCUT2D eigenvalue weighted by atomic mass is 35.5. The van der Waals surface area contributed by atoms with Crippen molar-refractivity contribution in [2.45, 2.75) is 12.3 Å². The third-order valence-corrected chi connectivity index (χ3v) is 3.78. The van der Waals surface area contributed by atoms with Gasteiger partial charge in [0.25, 0.3) is 0 Å². The van der Waals surface area contributed by atoms with Gasteiger partial charge in [0.15, 0.2) is 5.76 Å². The van der Waals surface area contributed by atoms with Crippen LogP contribution < -0.4 is 9.47 Å². The summed E-state index contributed by atoms with van der Waals surface area (Å²) in [7, 11) is 0. The number of alkyl halides is 1. The van der Waals surface area contributed by atoms with Crippen molar-refractivity contribution in [3.05, 3.63) is 64.4 Å². The molecule has 122 valence electrons. The largest absolute Gasteiger partial charge is 0.452 e. The maximum Gasteiger partial charge on any atom is 0.329 e. The van der Waals surface area contributed by atoms with Crippen molar-refractivity contribution >= 4 is 41.0 Å². The molecule has 0 fully saturated rings. The van der Waals surface area contributed by atoms with Gasteiger partial charge in [0.1, 0.15) is 16.9 Å². The SMILES string of the molecule is CC(Cl)C(=O)Oc1ccc2c(c1)O/C(=C\c1ccc(Cl)cc1)C2=O. The lowest BCUT2D eigenvalue weighted by atomic mass is 10.1. The fourth-order valence-electron chi connectivity index (χ4n) is 2.14. The van der Waals surface area contributed by atoms with Crippen molar-refractivity contribution in [1.29, 1.82) is 0 Å². The van der Waals surface area contributed by atoms with Crippen LogP contribution in [0.1, 0.15) is 22.8 Å². The van der Waals surface area contributed by atoms with Crippen molar-refractivity contribution in [2.24, 2.45) is 0 Å². The van der Waals surface area contributed by atoms with Gasteiger partial charge < -0.3 is 9.47 Å². The van der Waals surface area contributed by atoms with E-state index in [1.807, 2.05) is 0 Å². The van der Waals surface area contributed by atoms with Crippen molar-refractivity contribution in [2.75, 3.05) is 0 Å². The van der Waals surface area contributed by atoms with E-state index in [1.54, 1.807) is 36.4 Å². The number of allylic oxidation sites excluding steroid dienone is 1. The third-order valence-electron chi connectivity index (χ3n) is 3.35. The average Bonchev–Trinajstić information content (AvgIpc) is 2.85.